The van der Waals surface area contributed by atoms with Gasteiger partial charge in [0.1, 0.15) is 0 Å². The van der Waals surface area contributed by atoms with Crippen molar-refractivity contribution in [1.82, 2.24) is 4.90 Å². The van der Waals surface area contributed by atoms with Gasteiger partial charge in [0.05, 0.1) is 0 Å². The third-order valence-electron chi connectivity index (χ3n) is 4.39. The van der Waals surface area contributed by atoms with E-state index in [0.717, 1.165) is 12.1 Å². The maximum atomic E-state index is 3.57. The van der Waals surface area contributed by atoms with Crippen LogP contribution in [0.1, 0.15) is 64.2 Å². The normalized spacial score (nSPS) is 29.4. The molecule has 2 fully saturated rings. The molecule has 1 saturated carbocycles. The summed E-state index contributed by atoms with van der Waals surface area (Å²) in [4.78, 5) is 2.87. The number of nitrogens with zero attached hydrogens (tertiary/aromatic N) is 1. The number of hydrogen-bond donors (Lipinski definition) is 0. The molecule has 1 atom stereocenters. The van der Waals surface area contributed by atoms with E-state index in [0.29, 0.717) is 0 Å². The number of likely N-dealkylation sites (tertiary alicyclic amines) is 1. The minimum absolute atomic E-state index is 0.917. The highest BCUT2D eigenvalue weighted by atomic mass is 79.9. The lowest BCUT2D eigenvalue weighted by molar-refractivity contribution is 0.156. The molecule has 1 heterocycles. The molecule has 1 saturated heterocycles. The van der Waals surface area contributed by atoms with E-state index in [1.807, 2.05) is 0 Å². The Kier molecular flexibility index (Phi) is 5.64. The third kappa shape index (κ3) is 3.46. The highest BCUT2D eigenvalue weighted by molar-refractivity contribution is 9.09. The Balaban J connectivity index is 1.85. The predicted octanol–water partition coefficient (Wildman–Crippen LogP) is 4.35. The molecule has 0 aromatic carbocycles. The Morgan fingerprint density at radius 3 is 2.38 bits per heavy atom. The van der Waals surface area contributed by atoms with E-state index in [9.17, 15) is 0 Å². The fraction of sp³-hybridized carbons (Fsp3) is 1.00. The van der Waals surface area contributed by atoms with Crippen molar-refractivity contribution >= 4 is 15.9 Å². The zero-order valence-electron chi connectivity index (χ0n) is 10.5. The summed E-state index contributed by atoms with van der Waals surface area (Å²) >= 11 is 3.57. The summed E-state index contributed by atoms with van der Waals surface area (Å²) in [6.45, 7) is 1.39. The first-order valence-corrected chi connectivity index (χ1v) is 8.35. The van der Waals surface area contributed by atoms with Gasteiger partial charge in [0.15, 0.2) is 0 Å². The summed E-state index contributed by atoms with van der Waals surface area (Å²) in [5, 5.41) is 1.18. The van der Waals surface area contributed by atoms with E-state index in [4.69, 9.17) is 0 Å². The average molecular weight is 288 g/mol. The van der Waals surface area contributed by atoms with E-state index >= 15 is 0 Å². The van der Waals surface area contributed by atoms with Crippen LogP contribution in [0.25, 0.3) is 0 Å². The van der Waals surface area contributed by atoms with Crippen LogP contribution in [0.2, 0.25) is 0 Å². The Bertz CT molecular complexity index is 187. The Morgan fingerprint density at radius 2 is 1.69 bits per heavy atom. The Labute approximate surface area is 109 Å². The fourth-order valence-electron chi connectivity index (χ4n) is 3.55. The van der Waals surface area contributed by atoms with Gasteiger partial charge >= 0.3 is 0 Å². The van der Waals surface area contributed by atoms with Gasteiger partial charge in [-0.1, -0.05) is 41.6 Å². The molecule has 0 N–H and O–H groups in total. The smallest absolute Gasteiger partial charge is 0.00989 e. The molecule has 0 bridgehead atoms. The topological polar surface area (TPSA) is 3.24 Å². The summed E-state index contributed by atoms with van der Waals surface area (Å²) in [5.41, 5.74) is 0. The molecule has 0 amide bonds. The summed E-state index contributed by atoms with van der Waals surface area (Å²) in [6, 6.07) is 1.85. The van der Waals surface area contributed by atoms with Crippen LogP contribution in [0.4, 0.5) is 0 Å². The number of rotatable bonds is 4. The molecular formula is C14H26BrN. The van der Waals surface area contributed by atoms with E-state index in [-0.39, 0.29) is 0 Å². The molecule has 2 aliphatic rings. The first kappa shape index (κ1) is 12.9. The maximum Gasteiger partial charge on any atom is 0.00989 e. The van der Waals surface area contributed by atoms with Crippen LogP contribution >= 0.6 is 15.9 Å². The van der Waals surface area contributed by atoms with Crippen LogP contribution in [0.5, 0.6) is 0 Å². The zero-order chi connectivity index (χ0) is 11.2. The number of alkyl halides is 1. The number of halogens is 1. The highest BCUT2D eigenvalue weighted by Gasteiger charge is 2.30. The second-order valence-corrected chi connectivity index (χ2v) is 6.30. The highest BCUT2D eigenvalue weighted by Crippen LogP contribution is 2.30. The molecule has 0 radical (unpaired) electrons. The summed E-state index contributed by atoms with van der Waals surface area (Å²) in [5.74, 6) is 0. The average Bonchev–Trinajstić information content (AvgIpc) is 2.60. The summed E-state index contributed by atoms with van der Waals surface area (Å²) < 4.78 is 0. The molecule has 2 heteroatoms. The van der Waals surface area contributed by atoms with Crippen LogP contribution in [-0.4, -0.2) is 28.9 Å². The van der Waals surface area contributed by atoms with Crippen molar-refractivity contribution in [3.05, 3.63) is 0 Å². The van der Waals surface area contributed by atoms with Crippen molar-refractivity contribution in [2.24, 2.45) is 0 Å². The summed E-state index contributed by atoms with van der Waals surface area (Å²) in [7, 11) is 0. The molecule has 0 aromatic rings. The van der Waals surface area contributed by atoms with Gasteiger partial charge in [0, 0.05) is 17.4 Å². The number of hydrogen-bond acceptors (Lipinski definition) is 1. The van der Waals surface area contributed by atoms with Crippen LogP contribution in [-0.2, 0) is 0 Å². The molecule has 1 nitrogen and oxygen atoms in total. The fourth-order valence-corrected chi connectivity index (χ4v) is 3.87. The second-order valence-electron chi connectivity index (χ2n) is 5.51. The first-order valence-electron chi connectivity index (χ1n) is 7.23. The molecule has 94 valence electrons. The molecule has 16 heavy (non-hydrogen) atoms. The van der Waals surface area contributed by atoms with E-state index in [2.05, 4.69) is 20.8 Å². The van der Waals surface area contributed by atoms with Crippen molar-refractivity contribution in [2.75, 3.05) is 11.9 Å². The first-order chi connectivity index (χ1) is 7.92. The van der Waals surface area contributed by atoms with Gasteiger partial charge in [-0.3, -0.25) is 4.90 Å². The van der Waals surface area contributed by atoms with Crippen molar-refractivity contribution < 1.29 is 0 Å². The quantitative estimate of drug-likeness (QED) is 0.549. The van der Waals surface area contributed by atoms with Gasteiger partial charge < -0.3 is 0 Å². The molecule has 1 aliphatic carbocycles. The molecule has 0 aromatic heterocycles. The third-order valence-corrected chi connectivity index (χ3v) is 4.95. The van der Waals surface area contributed by atoms with E-state index < -0.39 is 0 Å². The molecule has 1 unspecified atom stereocenters. The van der Waals surface area contributed by atoms with Gasteiger partial charge in [-0.15, -0.1) is 0 Å². The van der Waals surface area contributed by atoms with Crippen molar-refractivity contribution in [3.63, 3.8) is 0 Å². The SMILES string of the molecule is BrCCCC1CCCN1C1CCCCCC1. The van der Waals surface area contributed by atoms with Crippen LogP contribution in [0.15, 0.2) is 0 Å². The Morgan fingerprint density at radius 1 is 0.938 bits per heavy atom. The van der Waals surface area contributed by atoms with Gasteiger partial charge in [0.25, 0.3) is 0 Å². The lowest BCUT2D eigenvalue weighted by Crippen LogP contribution is -2.38. The van der Waals surface area contributed by atoms with Gasteiger partial charge in [-0.25, -0.2) is 0 Å². The second kappa shape index (κ2) is 7.00. The lowest BCUT2D eigenvalue weighted by Gasteiger charge is -2.32. The van der Waals surface area contributed by atoms with Crippen molar-refractivity contribution in [3.8, 4) is 0 Å². The van der Waals surface area contributed by atoms with Crippen LogP contribution < -0.4 is 0 Å². The van der Waals surface area contributed by atoms with E-state index in [1.54, 1.807) is 0 Å². The van der Waals surface area contributed by atoms with Crippen LogP contribution in [0, 0.1) is 0 Å². The van der Waals surface area contributed by atoms with E-state index in [1.165, 1.54) is 76.1 Å². The largest absolute Gasteiger partial charge is 0.297 e. The minimum Gasteiger partial charge on any atom is -0.297 e. The maximum absolute atomic E-state index is 3.57. The summed E-state index contributed by atoms with van der Waals surface area (Å²) in [6.07, 6.45) is 14.6. The monoisotopic (exact) mass is 287 g/mol. The van der Waals surface area contributed by atoms with Gasteiger partial charge in [-0.2, -0.15) is 0 Å². The van der Waals surface area contributed by atoms with Gasteiger partial charge in [0.2, 0.25) is 0 Å². The van der Waals surface area contributed by atoms with Crippen LogP contribution in [0.3, 0.4) is 0 Å². The minimum atomic E-state index is 0.917. The standard InChI is InChI=1S/C14H26BrN/c15-11-5-9-14-10-6-12-16(14)13-7-3-1-2-4-8-13/h13-14H,1-12H2. The van der Waals surface area contributed by atoms with Gasteiger partial charge in [-0.05, 0) is 45.1 Å². The lowest BCUT2D eigenvalue weighted by atomic mass is 10.0. The molecular weight excluding hydrogens is 262 g/mol. The zero-order valence-corrected chi connectivity index (χ0v) is 12.1. The molecule has 0 spiro atoms. The van der Waals surface area contributed by atoms with Crippen molar-refractivity contribution in [1.29, 1.82) is 0 Å². The molecule has 1 aliphatic heterocycles. The van der Waals surface area contributed by atoms with Crippen molar-refractivity contribution in [2.45, 2.75) is 76.3 Å². The molecule has 2 rings (SSSR count). The Hall–Kier alpha value is 0.440. The predicted molar refractivity (Wildman–Crippen MR) is 74.2 cm³/mol.